The maximum atomic E-state index is 12.6. The molecule has 0 spiro atoms. The van der Waals surface area contributed by atoms with Gasteiger partial charge in [-0.2, -0.15) is 0 Å². The van der Waals surface area contributed by atoms with Crippen LogP contribution in [-0.2, 0) is 11.3 Å². The Kier molecular flexibility index (Phi) is 6.24. The Balaban J connectivity index is 1.73. The second kappa shape index (κ2) is 8.63. The number of rotatable bonds is 6. The van der Waals surface area contributed by atoms with E-state index in [1.54, 1.807) is 12.1 Å². The number of imide groups is 1. The lowest BCUT2D eigenvalue weighted by Crippen LogP contribution is -2.27. The number of thioether (sulfide) groups is 1. The summed E-state index contributed by atoms with van der Waals surface area (Å²) in [6, 6.07) is 14.7. The number of nitrogens with zero attached hydrogens (tertiary/aromatic N) is 1. The molecule has 2 aromatic rings. The zero-order valence-corrected chi connectivity index (χ0v) is 16.7. The average molecular weight is 402 g/mol. The summed E-state index contributed by atoms with van der Waals surface area (Å²) in [7, 11) is 0. The third kappa shape index (κ3) is 4.73. The lowest BCUT2D eigenvalue weighted by molar-refractivity contribution is -0.123. The smallest absolute Gasteiger partial charge is 0.293 e. The van der Waals surface area contributed by atoms with Gasteiger partial charge in [0, 0.05) is 5.02 Å². The van der Waals surface area contributed by atoms with Gasteiger partial charge in [0.1, 0.15) is 5.75 Å². The molecule has 4 nitrogen and oxygen atoms in total. The SMILES string of the molecule is CC[C@@H](C)Oc1ccc(/C=C2\SC(=O)N(Cc3ccccc3Cl)C2=O)cc1. The first-order valence-electron chi connectivity index (χ1n) is 8.73. The number of hydrogen-bond acceptors (Lipinski definition) is 4. The van der Waals surface area contributed by atoms with E-state index >= 15 is 0 Å². The highest BCUT2D eigenvalue weighted by molar-refractivity contribution is 8.18. The van der Waals surface area contributed by atoms with Crippen molar-refractivity contribution in [3.8, 4) is 5.75 Å². The van der Waals surface area contributed by atoms with Gasteiger partial charge >= 0.3 is 0 Å². The molecular formula is C21H20ClNO3S. The Morgan fingerprint density at radius 3 is 2.52 bits per heavy atom. The molecule has 0 aromatic heterocycles. The van der Waals surface area contributed by atoms with E-state index in [9.17, 15) is 9.59 Å². The van der Waals surface area contributed by atoms with Gasteiger partial charge in [-0.1, -0.05) is 48.9 Å². The average Bonchev–Trinajstić information content (AvgIpc) is 2.92. The predicted molar refractivity (Wildman–Crippen MR) is 110 cm³/mol. The Bertz CT molecular complexity index is 879. The van der Waals surface area contributed by atoms with Crippen molar-refractivity contribution in [1.82, 2.24) is 4.90 Å². The molecule has 0 bridgehead atoms. The second-order valence-electron chi connectivity index (χ2n) is 6.27. The highest BCUT2D eigenvalue weighted by atomic mass is 35.5. The quantitative estimate of drug-likeness (QED) is 0.578. The molecule has 0 saturated carbocycles. The minimum atomic E-state index is -0.301. The number of halogens is 1. The van der Waals surface area contributed by atoms with Crippen molar-refractivity contribution in [3.05, 3.63) is 69.6 Å². The molecule has 27 heavy (non-hydrogen) atoms. The van der Waals surface area contributed by atoms with Crippen LogP contribution in [0.5, 0.6) is 5.75 Å². The minimum absolute atomic E-state index is 0.150. The van der Waals surface area contributed by atoms with E-state index < -0.39 is 0 Å². The summed E-state index contributed by atoms with van der Waals surface area (Å²) in [5.74, 6) is 0.484. The normalized spacial score (nSPS) is 16.9. The summed E-state index contributed by atoms with van der Waals surface area (Å²) in [6.45, 7) is 4.25. The molecule has 0 aliphatic carbocycles. The topological polar surface area (TPSA) is 46.6 Å². The van der Waals surface area contributed by atoms with Crippen molar-refractivity contribution in [1.29, 1.82) is 0 Å². The standard InChI is InChI=1S/C21H20ClNO3S/c1-3-14(2)26-17-10-8-15(9-11-17)12-19-20(24)23(21(25)27-19)13-16-6-4-5-7-18(16)22/h4-12,14H,3,13H2,1-2H3/b19-12-/t14-/m1/s1. The molecular weight excluding hydrogens is 382 g/mol. The lowest BCUT2D eigenvalue weighted by Gasteiger charge is -2.13. The fraction of sp³-hybridized carbons (Fsp3) is 0.238. The summed E-state index contributed by atoms with van der Waals surface area (Å²) in [4.78, 5) is 26.5. The van der Waals surface area contributed by atoms with Gasteiger partial charge in [0.05, 0.1) is 17.6 Å². The Hall–Kier alpha value is -2.24. The second-order valence-corrected chi connectivity index (χ2v) is 7.67. The van der Waals surface area contributed by atoms with E-state index in [-0.39, 0.29) is 23.8 Å². The summed E-state index contributed by atoms with van der Waals surface area (Å²) in [5, 5.41) is 0.250. The maximum absolute atomic E-state index is 12.6. The van der Waals surface area contributed by atoms with Crippen molar-refractivity contribution < 1.29 is 14.3 Å². The van der Waals surface area contributed by atoms with E-state index in [0.29, 0.717) is 9.93 Å². The molecule has 2 amide bonds. The molecule has 0 radical (unpaired) electrons. The van der Waals surface area contributed by atoms with Crippen LogP contribution in [0.3, 0.4) is 0 Å². The van der Waals surface area contributed by atoms with Gasteiger partial charge in [-0.05, 0) is 60.5 Å². The predicted octanol–water partition coefficient (Wildman–Crippen LogP) is 5.75. The third-order valence-electron chi connectivity index (χ3n) is 4.25. The van der Waals surface area contributed by atoms with Gasteiger partial charge in [-0.15, -0.1) is 0 Å². The Morgan fingerprint density at radius 2 is 1.85 bits per heavy atom. The van der Waals surface area contributed by atoms with E-state index in [4.69, 9.17) is 16.3 Å². The molecule has 1 saturated heterocycles. The van der Waals surface area contributed by atoms with Crippen LogP contribution in [0.1, 0.15) is 31.4 Å². The number of hydrogen-bond donors (Lipinski definition) is 0. The summed E-state index contributed by atoms with van der Waals surface area (Å²) < 4.78 is 5.75. The van der Waals surface area contributed by atoms with Crippen LogP contribution in [0.4, 0.5) is 4.79 Å². The monoisotopic (exact) mass is 401 g/mol. The fourth-order valence-corrected chi connectivity index (χ4v) is 3.58. The van der Waals surface area contributed by atoms with Crippen LogP contribution in [0.2, 0.25) is 5.02 Å². The molecule has 140 valence electrons. The van der Waals surface area contributed by atoms with Crippen LogP contribution >= 0.6 is 23.4 Å². The molecule has 0 unspecified atom stereocenters. The first-order valence-corrected chi connectivity index (χ1v) is 9.93. The molecule has 0 N–H and O–H groups in total. The van der Waals surface area contributed by atoms with Crippen molar-refractivity contribution in [3.63, 3.8) is 0 Å². The highest BCUT2D eigenvalue weighted by Crippen LogP contribution is 2.34. The Labute approximate surface area is 168 Å². The number of amides is 2. The molecule has 2 aromatic carbocycles. The first-order chi connectivity index (χ1) is 13.0. The van der Waals surface area contributed by atoms with Crippen LogP contribution in [0, 0.1) is 0 Å². The molecule has 1 aliphatic rings. The lowest BCUT2D eigenvalue weighted by atomic mass is 10.2. The summed E-state index contributed by atoms with van der Waals surface area (Å²) in [5.41, 5.74) is 1.59. The van der Waals surface area contributed by atoms with Gasteiger partial charge in [0.15, 0.2) is 0 Å². The van der Waals surface area contributed by atoms with Gasteiger partial charge in [0.25, 0.3) is 11.1 Å². The van der Waals surface area contributed by atoms with E-state index in [1.807, 2.05) is 49.4 Å². The van der Waals surface area contributed by atoms with Crippen molar-refractivity contribution in [2.75, 3.05) is 0 Å². The summed E-state index contributed by atoms with van der Waals surface area (Å²) in [6.07, 6.45) is 2.81. The molecule has 1 atom stereocenters. The van der Waals surface area contributed by atoms with Crippen LogP contribution in [-0.4, -0.2) is 22.2 Å². The minimum Gasteiger partial charge on any atom is -0.491 e. The largest absolute Gasteiger partial charge is 0.491 e. The molecule has 6 heteroatoms. The van der Waals surface area contributed by atoms with E-state index in [1.165, 1.54) is 4.90 Å². The molecule has 3 rings (SSSR count). The number of ether oxygens (including phenoxy) is 1. The number of carbonyl (C=O) groups excluding carboxylic acids is 2. The van der Waals surface area contributed by atoms with Crippen molar-refractivity contribution in [2.24, 2.45) is 0 Å². The number of benzene rings is 2. The Morgan fingerprint density at radius 1 is 1.15 bits per heavy atom. The fourth-order valence-electron chi connectivity index (χ4n) is 2.54. The zero-order valence-electron chi connectivity index (χ0n) is 15.1. The van der Waals surface area contributed by atoms with Gasteiger partial charge in [-0.25, -0.2) is 0 Å². The van der Waals surface area contributed by atoms with E-state index in [2.05, 4.69) is 6.92 Å². The van der Waals surface area contributed by atoms with Crippen LogP contribution in [0.25, 0.3) is 6.08 Å². The van der Waals surface area contributed by atoms with Gasteiger partial charge in [-0.3, -0.25) is 14.5 Å². The van der Waals surface area contributed by atoms with Gasteiger partial charge in [0.2, 0.25) is 0 Å². The molecule has 1 aliphatic heterocycles. The van der Waals surface area contributed by atoms with Crippen LogP contribution < -0.4 is 4.74 Å². The highest BCUT2D eigenvalue weighted by Gasteiger charge is 2.35. The molecule has 1 heterocycles. The third-order valence-corrected chi connectivity index (χ3v) is 5.53. The van der Waals surface area contributed by atoms with E-state index in [0.717, 1.165) is 35.1 Å². The van der Waals surface area contributed by atoms with Crippen molar-refractivity contribution >= 4 is 40.6 Å². The maximum Gasteiger partial charge on any atom is 0.293 e. The zero-order chi connectivity index (χ0) is 19.4. The van der Waals surface area contributed by atoms with Crippen molar-refractivity contribution in [2.45, 2.75) is 32.9 Å². The molecule has 1 fully saturated rings. The van der Waals surface area contributed by atoms with Crippen LogP contribution in [0.15, 0.2) is 53.4 Å². The first kappa shape index (κ1) is 19.5. The van der Waals surface area contributed by atoms with Gasteiger partial charge < -0.3 is 4.74 Å². The number of carbonyl (C=O) groups is 2. The summed E-state index contributed by atoms with van der Waals surface area (Å²) >= 11 is 7.09.